The van der Waals surface area contributed by atoms with Crippen molar-refractivity contribution in [2.45, 2.75) is 37.8 Å². The summed E-state index contributed by atoms with van der Waals surface area (Å²) >= 11 is 0. The minimum atomic E-state index is -0.338. The van der Waals surface area contributed by atoms with Gasteiger partial charge in [-0.1, -0.05) is 0 Å². The number of nitrogens with two attached hydrogens (primary N) is 1. The molecule has 1 aliphatic heterocycles. The normalized spacial score (nSPS) is 22.2. The SMILES string of the molecule is NC(=O)CCOc1ccc(NC2CCN(C3CC3)C2)cc1. The Hall–Kier alpha value is -1.75. The van der Waals surface area contributed by atoms with E-state index in [1.54, 1.807) is 0 Å². The van der Waals surface area contributed by atoms with E-state index in [9.17, 15) is 4.79 Å². The van der Waals surface area contributed by atoms with Crippen molar-refractivity contribution < 1.29 is 9.53 Å². The molecule has 1 heterocycles. The van der Waals surface area contributed by atoms with Gasteiger partial charge in [0.15, 0.2) is 0 Å². The van der Waals surface area contributed by atoms with Crippen LogP contribution in [0.4, 0.5) is 5.69 Å². The Morgan fingerprint density at radius 1 is 1.29 bits per heavy atom. The average molecular weight is 289 g/mol. The fourth-order valence-electron chi connectivity index (χ4n) is 2.83. The van der Waals surface area contributed by atoms with Crippen LogP contribution in [0.2, 0.25) is 0 Å². The number of nitrogens with zero attached hydrogens (tertiary/aromatic N) is 1. The Balaban J connectivity index is 1.44. The molecule has 1 saturated carbocycles. The molecule has 5 nitrogen and oxygen atoms in total. The van der Waals surface area contributed by atoms with Crippen LogP contribution in [0, 0.1) is 0 Å². The first kappa shape index (κ1) is 14.2. The van der Waals surface area contributed by atoms with Crippen LogP contribution < -0.4 is 15.8 Å². The summed E-state index contributed by atoms with van der Waals surface area (Å²) in [7, 11) is 0. The second-order valence-corrected chi connectivity index (χ2v) is 5.95. The summed E-state index contributed by atoms with van der Waals surface area (Å²) in [6.45, 7) is 2.71. The Morgan fingerprint density at radius 2 is 2.05 bits per heavy atom. The van der Waals surface area contributed by atoms with E-state index >= 15 is 0 Å². The van der Waals surface area contributed by atoms with E-state index in [2.05, 4.69) is 10.2 Å². The van der Waals surface area contributed by atoms with Crippen LogP contribution in [0.15, 0.2) is 24.3 Å². The Kier molecular flexibility index (Phi) is 4.29. The lowest BCUT2D eigenvalue weighted by molar-refractivity contribution is -0.118. The number of ether oxygens (including phenoxy) is 1. The van der Waals surface area contributed by atoms with Gasteiger partial charge in [0.2, 0.25) is 5.91 Å². The van der Waals surface area contributed by atoms with Gasteiger partial charge in [0, 0.05) is 30.9 Å². The smallest absolute Gasteiger partial charge is 0.220 e. The van der Waals surface area contributed by atoms with Crippen molar-refractivity contribution in [2.75, 3.05) is 25.0 Å². The number of primary amides is 1. The topological polar surface area (TPSA) is 67.6 Å². The molecular formula is C16H23N3O2. The molecule has 1 saturated heterocycles. The highest BCUT2D eigenvalue weighted by atomic mass is 16.5. The lowest BCUT2D eigenvalue weighted by Gasteiger charge is -2.17. The van der Waals surface area contributed by atoms with Gasteiger partial charge in [0.25, 0.3) is 0 Å². The van der Waals surface area contributed by atoms with Gasteiger partial charge in [-0.25, -0.2) is 0 Å². The van der Waals surface area contributed by atoms with Gasteiger partial charge in [0.1, 0.15) is 5.75 Å². The van der Waals surface area contributed by atoms with E-state index in [1.807, 2.05) is 24.3 Å². The number of carbonyl (C=O) groups excluding carboxylic acids is 1. The zero-order valence-electron chi connectivity index (χ0n) is 12.3. The highest BCUT2D eigenvalue weighted by molar-refractivity contribution is 5.73. The second kappa shape index (κ2) is 6.35. The van der Waals surface area contributed by atoms with E-state index in [0.717, 1.165) is 24.0 Å². The standard InChI is InChI=1S/C16H23N3O2/c17-16(20)8-10-21-15-5-1-12(2-6-15)18-13-7-9-19(11-13)14-3-4-14/h1-2,5-6,13-14,18H,3-4,7-11H2,(H2,17,20). The molecule has 1 aliphatic carbocycles. The van der Waals surface area contributed by atoms with Gasteiger partial charge in [-0.3, -0.25) is 9.69 Å². The summed E-state index contributed by atoms with van der Waals surface area (Å²) in [4.78, 5) is 13.2. The summed E-state index contributed by atoms with van der Waals surface area (Å²) in [5.74, 6) is 0.433. The first-order valence-electron chi connectivity index (χ1n) is 7.72. The molecule has 1 aromatic rings. The molecule has 3 rings (SSSR count). The first-order valence-corrected chi connectivity index (χ1v) is 7.72. The Bertz CT molecular complexity index is 485. The van der Waals surface area contributed by atoms with Crippen molar-refractivity contribution in [3.63, 3.8) is 0 Å². The summed E-state index contributed by atoms with van der Waals surface area (Å²) in [5, 5.41) is 3.58. The molecule has 3 N–H and O–H groups in total. The minimum absolute atomic E-state index is 0.249. The van der Waals surface area contributed by atoms with E-state index < -0.39 is 0 Å². The van der Waals surface area contributed by atoms with Crippen molar-refractivity contribution in [2.24, 2.45) is 5.73 Å². The van der Waals surface area contributed by atoms with Crippen LogP contribution in [0.3, 0.4) is 0 Å². The first-order chi connectivity index (χ1) is 10.2. The molecule has 21 heavy (non-hydrogen) atoms. The number of hydrogen-bond donors (Lipinski definition) is 2. The monoisotopic (exact) mass is 289 g/mol. The number of hydrogen-bond acceptors (Lipinski definition) is 4. The maximum absolute atomic E-state index is 10.6. The molecule has 1 atom stereocenters. The molecule has 0 spiro atoms. The largest absolute Gasteiger partial charge is 0.493 e. The maximum atomic E-state index is 10.6. The van der Waals surface area contributed by atoms with Crippen LogP contribution in [-0.4, -0.2) is 42.6 Å². The van der Waals surface area contributed by atoms with Crippen LogP contribution in [0.25, 0.3) is 0 Å². The van der Waals surface area contributed by atoms with Crippen molar-refractivity contribution in [1.29, 1.82) is 0 Å². The predicted octanol–water partition coefficient (Wildman–Crippen LogP) is 1.59. The number of rotatable bonds is 7. The van der Waals surface area contributed by atoms with Crippen LogP contribution >= 0.6 is 0 Å². The van der Waals surface area contributed by atoms with Crippen LogP contribution in [0.1, 0.15) is 25.7 Å². The molecule has 0 radical (unpaired) electrons. The number of amides is 1. The quantitative estimate of drug-likeness (QED) is 0.800. The molecule has 0 bridgehead atoms. The van der Waals surface area contributed by atoms with Crippen molar-refractivity contribution >= 4 is 11.6 Å². The van der Waals surface area contributed by atoms with E-state index in [-0.39, 0.29) is 12.3 Å². The van der Waals surface area contributed by atoms with Gasteiger partial charge in [0.05, 0.1) is 13.0 Å². The predicted molar refractivity (Wildman–Crippen MR) is 82.4 cm³/mol. The van der Waals surface area contributed by atoms with Crippen molar-refractivity contribution in [1.82, 2.24) is 4.90 Å². The number of benzene rings is 1. The average Bonchev–Trinajstić information content (AvgIpc) is 3.21. The van der Waals surface area contributed by atoms with E-state index in [4.69, 9.17) is 10.5 Å². The van der Waals surface area contributed by atoms with Crippen molar-refractivity contribution in [3.8, 4) is 5.75 Å². The molecule has 2 aliphatic rings. The molecule has 1 aromatic carbocycles. The lowest BCUT2D eigenvalue weighted by atomic mass is 10.2. The fourth-order valence-corrected chi connectivity index (χ4v) is 2.83. The highest BCUT2D eigenvalue weighted by Gasteiger charge is 2.34. The molecule has 1 amide bonds. The van der Waals surface area contributed by atoms with E-state index in [0.29, 0.717) is 12.6 Å². The third kappa shape index (κ3) is 4.11. The maximum Gasteiger partial charge on any atom is 0.220 e. The zero-order valence-corrected chi connectivity index (χ0v) is 12.3. The van der Waals surface area contributed by atoms with Crippen LogP contribution in [0.5, 0.6) is 5.75 Å². The van der Waals surface area contributed by atoms with Crippen LogP contribution in [-0.2, 0) is 4.79 Å². The molecule has 114 valence electrons. The number of anilines is 1. The second-order valence-electron chi connectivity index (χ2n) is 5.95. The summed E-state index contributed by atoms with van der Waals surface area (Å²) in [5.41, 5.74) is 6.20. The fraction of sp³-hybridized carbons (Fsp3) is 0.562. The number of carbonyl (C=O) groups is 1. The molecule has 0 aromatic heterocycles. The Morgan fingerprint density at radius 3 is 2.71 bits per heavy atom. The Labute approximate surface area is 125 Å². The van der Waals surface area contributed by atoms with Gasteiger partial charge in [-0.15, -0.1) is 0 Å². The minimum Gasteiger partial charge on any atom is -0.493 e. The third-order valence-corrected chi connectivity index (χ3v) is 4.13. The van der Waals surface area contributed by atoms with Gasteiger partial charge < -0.3 is 15.8 Å². The molecule has 2 fully saturated rings. The molecule has 1 unspecified atom stereocenters. The van der Waals surface area contributed by atoms with Crippen molar-refractivity contribution in [3.05, 3.63) is 24.3 Å². The third-order valence-electron chi connectivity index (χ3n) is 4.13. The van der Waals surface area contributed by atoms with Gasteiger partial charge >= 0.3 is 0 Å². The highest BCUT2D eigenvalue weighted by Crippen LogP contribution is 2.30. The van der Waals surface area contributed by atoms with Gasteiger partial charge in [-0.05, 0) is 43.5 Å². The molecular weight excluding hydrogens is 266 g/mol. The number of nitrogens with one attached hydrogen (secondary N) is 1. The van der Waals surface area contributed by atoms with Gasteiger partial charge in [-0.2, -0.15) is 0 Å². The van der Waals surface area contributed by atoms with E-state index in [1.165, 1.54) is 25.8 Å². The summed E-state index contributed by atoms with van der Waals surface area (Å²) in [6.07, 6.45) is 4.22. The number of likely N-dealkylation sites (tertiary alicyclic amines) is 1. The molecule has 5 heteroatoms. The summed E-state index contributed by atoms with van der Waals surface area (Å²) in [6, 6.07) is 9.32. The lowest BCUT2D eigenvalue weighted by Crippen LogP contribution is -2.27. The zero-order chi connectivity index (χ0) is 14.7. The summed E-state index contributed by atoms with van der Waals surface area (Å²) < 4.78 is 5.46.